The molecule has 1 aromatic carbocycles. The summed E-state index contributed by atoms with van der Waals surface area (Å²) in [5.41, 5.74) is 1.46. The molecule has 0 saturated carbocycles. The average molecular weight is 361 g/mol. The second-order valence-corrected chi connectivity index (χ2v) is 6.53. The molecule has 3 rings (SSSR count). The number of rotatable bonds is 4. The van der Waals surface area contributed by atoms with Gasteiger partial charge < -0.3 is 14.4 Å². The predicted molar refractivity (Wildman–Crippen MR) is 94.2 cm³/mol. The largest absolute Gasteiger partial charge is 0.494 e. The molecule has 8 heteroatoms. The quantitative estimate of drug-likeness (QED) is 0.906. The number of hydrogen-bond donors (Lipinski definition) is 1. The lowest BCUT2D eigenvalue weighted by Gasteiger charge is -2.24. The molecule has 0 atom stereocenters. The van der Waals surface area contributed by atoms with Crippen LogP contribution < -0.4 is 10.1 Å². The van der Waals surface area contributed by atoms with Gasteiger partial charge in [0.1, 0.15) is 5.75 Å². The van der Waals surface area contributed by atoms with E-state index in [9.17, 15) is 9.59 Å². The van der Waals surface area contributed by atoms with Crippen LogP contribution in [0.4, 0.5) is 9.93 Å². The second kappa shape index (κ2) is 7.52. The van der Waals surface area contributed by atoms with Crippen molar-refractivity contribution in [3.8, 4) is 5.75 Å². The number of fused-ring (bicyclic) bond motifs is 1. The third kappa shape index (κ3) is 3.90. The Balaban J connectivity index is 1.67. The molecule has 0 fully saturated rings. The zero-order valence-electron chi connectivity index (χ0n) is 14.1. The van der Waals surface area contributed by atoms with E-state index < -0.39 is 0 Å². The molecule has 7 nitrogen and oxygen atoms in total. The maximum atomic E-state index is 12.3. The number of anilines is 1. The van der Waals surface area contributed by atoms with Gasteiger partial charge in [0.05, 0.1) is 26.0 Å². The summed E-state index contributed by atoms with van der Waals surface area (Å²) >= 11 is 1.38. The van der Waals surface area contributed by atoms with Crippen LogP contribution >= 0.6 is 11.3 Å². The van der Waals surface area contributed by atoms with E-state index in [1.807, 2.05) is 6.92 Å². The van der Waals surface area contributed by atoms with Crippen LogP contribution in [-0.4, -0.2) is 42.1 Å². The standard InChI is InChI=1S/C17H19N3O4S/c1-3-24-12-6-4-11(5-7-12)15(21)19-16-18-13-8-9-20(17(22)23-2)10-14(13)25-16/h4-7H,3,8-10H2,1-2H3,(H,18,19,21). The average Bonchev–Trinajstić information content (AvgIpc) is 3.03. The van der Waals surface area contributed by atoms with Gasteiger partial charge in [-0.15, -0.1) is 0 Å². The van der Waals surface area contributed by atoms with Gasteiger partial charge in [0.2, 0.25) is 0 Å². The van der Waals surface area contributed by atoms with Crippen LogP contribution in [0.3, 0.4) is 0 Å². The maximum absolute atomic E-state index is 12.3. The van der Waals surface area contributed by atoms with Gasteiger partial charge in [-0.25, -0.2) is 9.78 Å². The van der Waals surface area contributed by atoms with E-state index in [4.69, 9.17) is 9.47 Å². The molecule has 1 aromatic heterocycles. The molecule has 0 aliphatic carbocycles. The van der Waals surface area contributed by atoms with Gasteiger partial charge in [0.25, 0.3) is 5.91 Å². The lowest BCUT2D eigenvalue weighted by molar-refractivity contribution is 0.102. The Kier molecular flexibility index (Phi) is 5.18. The number of nitrogens with zero attached hydrogens (tertiary/aromatic N) is 2. The normalized spacial score (nSPS) is 13.1. The van der Waals surface area contributed by atoms with Crippen LogP contribution in [0, 0.1) is 0 Å². The first-order chi connectivity index (χ1) is 12.1. The summed E-state index contributed by atoms with van der Waals surface area (Å²) < 4.78 is 10.1. The number of hydrogen-bond acceptors (Lipinski definition) is 6. The number of aromatic nitrogens is 1. The monoisotopic (exact) mass is 361 g/mol. The first-order valence-electron chi connectivity index (χ1n) is 7.96. The van der Waals surface area contributed by atoms with E-state index in [0.29, 0.717) is 36.8 Å². The molecule has 132 valence electrons. The molecule has 0 radical (unpaired) electrons. The minimum absolute atomic E-state index is 0.223. The summed E-state index contributed by atoms with van der Waals surface area (Å²) in [6.45, 7) is 3.51. The van der Waals surface area contributed by atoms with Crippen molar-refractivity contribution >= 4 is 28.5 Å². The van der Waals surface area contributed by atoms with Crippen molar-refractivity contribution < 1.29 is 19.1 Å². The fourth-order valence-corrected chi connectivity index (χ4v) is 3.59. The lowest BCUT2D eigenvalue weighted by Crippen LogP contribution is -2.35. The number of thiazole rings is 1. The van der Waals surface area contributed by atoms with Gasteiger partial charge in [-0.05, 0) is 31.2 Å². The highest BCUT2D eigenvalue weighted by Gasteiger charge is 2.25. The third-order valence-electron chi connectivity index (χ3n) is 3.81. The summed E-state index contributed by atoms with van der Waals surface area (Å²) in [5.74, 6) is 0.505. The fourth-order valence-electron chi connectivity index (χ4n) is 2.57. The van der Waals surface area contributed by atoms with E-state index in [1.165, 1.54) is 18.4 Å². The Hall–Kier alpha value is -2.61. The van der Waals surface area contributed by atoms with Crippen LogP contribution in [-0.2, 0) is 17.7 Å². The van der Waals surface area contributed by atoms with E-state index in [1.54, 1.807) is 29.2 Å². The topological polar surface area (TPSA) is 80.8 Å². The predicted octanol–water partition coefficient (Wildman–Crippen LogP) is 2.92. The zero-order valence-corrected chi connectivity index (χ0v) is 14.9. The van der Waals surface area contributed by atoms with E-state index in [2.05, 4.69) is 10.3 Å². The van der Waals surface area contributed by atoms with Crippen LogP contribution in [0.25, 0.3) is 0 Å². The van der Waals surface area contributed by atoms with Crippen LogP contribution in [0.15, 0.2) is 24.3 Å². The molecule has 1 aliphatic rings. The highest BCUT2D eigenvalue weighted by molar-refractivity contribution is 7.15. The van der Waals surface area contributed by atoms with Crippen molar-refractivity contribution in [1.82, 2.24) is 9.88 Å². The van der Waals surface area contributed by atoms with Crippen molar-refractivity contribution in [2.45, 2.75) is 19.9 Å². The number of nitrogens with one attached hydrogen (secondary N) is 1. The smallest absolute Gasteiger partial charge is 0.409 e. The molecule has 0 bridgehead atoms. The summed E-state index contributed by atoms with van der Waals surface area (Å²) in [7, 11) is 1.37. The Bertz CT molecular complexity index is 773. The molecule has 0 saturated heterocycles. The summed E-state index contributed by atoms with van der Waals surface area (Å²) in [5, 5.41) is 3.36. The number of amides is 2. The summed E-state index contributed by atoms with van der Waals surface area (Å²) in [6.07, 6.45) is 0.305. The third-order valence-corrected chi connectivity index (χ3v) is 4.81. The van der Waals surface area contributed by atoms with Crippen molar-refractivity contribution in [2.24, 2.45) is 0 Å². The van der Waals surface area contributed by atoms with Gasteiger partial charge in [0.15, 0.2) is 5.13 Å². The van der Waals surface area contributed by atoms with Crippen molar-refractivity contribution in [3.05, 3.63) is 40.4 Å². The molecule has 2 heterocycles. The first kappa shape index (κ1) is 17.2. The summed E-state index contributed by atoms with van der Waals surface area (Å²) in [4.78, 5) is 31.0. The number of ether oxygens (including phenoxy) is 2. The van der Waals surface area contributed by atoms with E-state index in [-0.39, 0.29) is 12.0 Å². The minimum Gasteiger partial charge on any atom is -0.494 e. The van der Waals surface area contributed by atoms with Gasteiger partial charge in [-0.3, -0.25) is 10.1 Å². The van der Waals surface area contributed by atoms with E-state index >= 15 is 0 Å². The SMILES string of the molecule is CCOc1ccc(C(=O)Nc2nc3c(s2)CN(C(=O)OC)CC3)cc1. The molecule has 25 heavy (non-hydrogen) atoms. The maximum Gasteiger partial charge on any atom is 0.409 e. The van der Waals surface area contributed by atoms with E-state index in [0.717, 1.165) is 16.3 Å². The Morgan fingerprint density at radius 1 is 1.32 bits per heavy atom. The zero-order chi connectivity index (χ0) is 17.8. The van der Waals surface area contributed by atoms with Gasteiger partial charge in [0, 0.05) is 23.4 Å². The van der Waals surface area contributed by atoms with Gasteiger partial charge >= 0.3 is 6.09 Å². The fraction of sp³-hybridized carbons (Fsp3) is 0.353. The molecule has 1 aliphatic heterocycles. The number of carbonyl (C=O) groups is 2. The molecular weight excluding hydrogens is 342 g/mol. The minimum atomic E-state index is -0.348. The van der Waals surface area contributed by atoms with Crippen molar-refractivity contribution in [2.75, 3.05) is 25.6 Å². The Labute approximate surface area is 149 Å². The number of carbonyl (C=O) groups excluding carboxylic acids is 2. The molecular formula is C17H19N3O4S. The molecule has 1 N–H and O–H groups in total. The Morgan fingerprint density at radius 2 is 2.08 bits per heavy atom. The molecule has 0 unspecified atom stereocenters. The molecule has 2 aromatic rings. The second-order valence-electron chi connectivity index (χ2n) is 5.44. The summed E-state index contributed by atoms with van der Waals surface area (Å²) in [6, 6.07) is 6.96. The van der Waals surface area contributed by atoms with Crippen molar-refractivity contribution in [1.29, 1.82) is 0 Å². The highest BCUT2D eigenvalue weighted by Crippen LogP contribution is 2.29. The molecule has 0 spiro atoms. The van der Waals surface area contributed by atoms with Gasteiger partial charge in [-0.2, -0.15) is 0 Å². The van der Waals surface area contributed by atoms with Gasteiger partial charge in [-0.1, -0.05) is 11.3 Å². The van der Waals surface area contributed by atoms with Crippen LogP contribution in [0.1, 0.15) is 27.9 Å². The van der Waals surface area contributed by atoms with Crippen LogP contribution in [0.5, 0.6) is 5.75 Å². The lowest BCUT2D eigenvalue weighted by atomic mass is 10.2. The van der Waals surface area contributed by atoms with Crippen LogP contribution in [0.2, 0.25) is 0 Å². The first-order valence-corrected chi connectivity index (χ1v) is 8.78. The number of methoxy groups -OCH3 is 1. The molecule has 2 amide bonds. The number of benzene rings is 1. The highest BCUT2D eigenvalue weighted by atomic mass is 32.1. The van der Waals surface area contributed by atoms with Crippen molar-refractivity contribution in [3.63, 3.8) is 0 Å². The Morgan fingerprint density at radius 3 is 2.76 bits per heavy atom.